The van der Waals surface area contributed by atoms with Gasteiger partial charge in [-0.3, -0.25) is 19.0 Å². The second-order valence-corrected chi connectivity index (χ2v) is 14.0. The zero-order valence-electron chi connectivity index (χ0n) is 20.0. The summed E-state index contributed by atoms with van der Waals surface area (Å²) in [6.45, 7) is 8.80. The zero-order valence-corrected chi connectivity index (χ0v) is 22.5. The molecule has 0 saturated carbocycles. The molecule has 1 fully saturated rings. The molecule has 11 heteroatoms. The minimum absolute atomic E-state index is 0.0485. The third-order valence-corrected chi connectivity index (χ3v) is 11.0. The van der Waals surface area contributed by atoms with Gasteiger partial charge in [-0.2, -0.15) is 0 Å². The van der Waals surface area contributed by atoms with Crippen molar-refractivity contribution in [3.63, 3.8) is 0 Å². The fourth-order valence-corrected chi connectivity index (χ4v) is 8.21. The summed E-state index contributed by atoms with van der Waals surface area (Å²) < 4.78 is 27.8. The number of aromatic amines is 1. The van der Waals surface area contributed by atoms with Gasteiger partial charge in [0.25, 0.3) is 10.0 Å². The van der Waals surface area contributed by atoms with E-state index in [0.717, 1.165) is 60.9 Å². The zero-order chi connectivity index (χ0) is 24.8. The Hall–Kier alpha value is -2.34. The van der Waals surface area contributed by atoms with E-state index in [-0.39, 0.29) is 10.7 Å². The van der Waals surface area contributed by atoms with Gasteiger partial charge < -0.3 is 9.88 Å². The third-order valence-electron chi connectivity index (χ3n) is 6.59. The largest absolute Gasteiger partial charge is 0.351 e. The van der Waals surface area contributed by atoms with E-state index in [1.54, 1.807) is 43.2 Å². The first-order valence-electron chi connectivity index (χ1n) is 11.5. The number of anilines is 1. The maximum Gasteiger partial charge on any atom is 0.273 e. The van der Waals surface area contributed by atoms with E-state index in [0.29, 0.717) is 9.90 Å². The Morgan fingerprint density at radius 1 is 1.20 bits per heavy atom. The first-order chi connectivity index (χ1) is 16.7. The van der Waals surface area contributed by atoms with Crippen LogP contribution < -0.4 is 4.31 Å². The van der Waals surface area contributed by atoms with Crippen LogP contribution in [0.1, 0.15) is 19.5 Å². The summed E-state index contributed by atoms with van der Waals surface area (Å²) in [5.41, 5.74) is 2.30. The van der Waals surface area contributed by atoms with Crippen LogP contribution in [0.25, 0.3) is 10.9 Å². The maximum atomic E-state index is 13.1. The number of nitrogens with one attached hydrogen (secondary N) is 1. The molecule has 8 nitrogen and oxygen atoms in total. The Labute approximate surface area is 214 Å². The van der Waals surface area contributed by atoms with Crippen LogP contribution >= 0.6 is 23.1 Å². The molecule has 4 heterocycles. The van der Waals surface area contributed by atoms with Crippen molar-refractivity contribution in [1.82, 2.24) is 14.8 Å². The topological polar surface area (TPSA) is 89.1 Å². The van der Waals surface area contributed by atoms with Crippen LogP contribution in [0.15, 0.2) is 51.0 Å². The number of benzene rings is 1. The minimum Gasteiger partial charge on any atom is -0.351 e. The second-order valence-electron chi connectivity index (χ2n) is 9.28. The number of nitrogens with zero attached hydrogens (tertiary/aromatic N) is 4. The average Bonchev–Trinajstić information content (AvgIpc) is 3.58. The number of carbonyl (C=O) groups excluding carboxylic acids is 1. The molecule has 2 aliphatic rings. The lowest BCUT2D eigenvalue weighted by Crippen LogP contribution is -2.51. The number of piperazine rings is 1. The summed E-state index contributed by atoms with van der Waals surface area (Å²) in [5.74, 6) is 0.142. The van der Waals surface area contributed by atoms with E-state index in [1.807, 2.05) is 29.2 Å². The Morgan fingerprint density at radius 3 is 2.66 bits per heavy atom. The minimum atomic E-state index is -3.63. The van der Waals surface area contributed by atoms with Crippen LogP contribution in [0.4, 0.5) is 5.69 Å². The molecule has 1 unspecified atom stereocenters. The summed E-state index contributed by atoms with van der Waals surface area (Å²) in [6.07, 6.45) is 0. The van der Waals surface area contributed by atoms with Gasteiger partial charge in [0, 0.05) is 52.1 Å². The molecule has 1 atom stereocenters. The van der Waals surface area contributed by atoms with Crippen LogP contribution in [0, 0.1) is 0 Å². The van der Waals surface area contributed by atoms with Crippen molar-refractivity contribution in [3.05, 3.63) is 47.5 Å². The molecule has 1 aromatic carbocycles. The summed E-state index contributed by atoms with van der Waals surface area (Å²) in [7, 11) is -2.04. The lowest BCUT2D eigenvalue weighted by Gasteiger charge is -2.37. The number of amides is 1. The van der Waals surface area contributed by atoms with Crippen LogP contribution in [-0.2, 0) is 14.8 Å². The van der Waals surface area contributed by atoms with Crippen molar-refractivity contribution in [2.24, 2.45) is 4.99 Å². The number of hydrogen-bond acceptors (Lipinski definition) is 7. The summed E-state index contributed by atoms with van der Waals surface area (Å²) in [6, 6.07) is 11.1. The van der Waals surface area contributed by atoms with E-state index in [9.17, 15) is 13.2 Å². The number of sulfonamides is 1. The number of carbonyl (C=O) groups is 1. The number of hydrogen-bond donors (Lipinski definition) is 1. The number of thiophene rings is 1. The molecule has 0 spiro atoms. The Balaban J connectivity index is 1.33. The molecule has 35 heavy (non-hydrogen) atoms. The highest BCUT2D eigenvalue weighted by Crippen LogP contribution is 2.38. The maximum absolute atomic E-state index is 13.1. The number of fused-ring (bicyclic) bond motifs is 1. The molecular formula is C24H29N5O3S3. The molecule has 186 valence electrons. The fraction of sp³-hybridized carbons (Fsp3) is 0.417. The van der Waals surface area contributed by atoms with E-state index in [2.05, 4.69) is 16.8 Å². The van der Waals surface area contributed by atoms with Gasteiger partial charge in [0.05, 0.1) is 28.2 Å². The number of aromatic nitrogens is 1. The van der Waals surface area contributed by atoms with Gasteiger partial charge in [0.1, 0.15) is 9.25 Å². The molecule has 1 saturated heterocycles. The normalized spacial score (nSPS) is 21.5. The monoisotopic (exact) mass is 531 g/mol. The van der Waals surface area contributed by atoms with Crippen molar-refractivity contribution < 1.29 is 13.2 Å². The first kappa shape index (κ1) is 24.4. The summed E-state index contributed by atoms with van der Waals surface area (Å²) >= 11 is 2.98. The number of H-pyrrole nitrogens is 1. The van der Waals surface area contributed by atoms with Gasteiger partial charge in [0.2, 0.25) is 5.91 Å². The van der Waals surface area contributed by atoms with E-state index in [4.69, 9.17) is 4.99 Å². The van der Waals surface area contributed by atoms with Crippen LogP contribution in [-0.4, -0.2) is 85.2 Å². The van der Waals surface area contributed by atoms with Crippen molar-refractivity contribution in [3.8, 4) is 0 Å². The van der Waals surface area contributed by atoms with Gasteiger partial charge in [-0.05, 0) is 30.5 Å². The molecule has 2 aliphatic heterocycles. The van der Waals surface area contributed by atoms with Crippen molar-refractivity contribution in [1.29, 1.82) is 0 Å². The molecule has 5 rings (SSSR count). The molecular weight excluding hydrogens is 502 g/mol. The summed E-state index contributed by atoms with van der Waals surface area (Å²) in [5, 5.41) is 3.66. The molecule has 0 bridgehead atoms. The molecule has 1 N–H and O–H groups in total. The predicted octanol–water partition coefficient (Wildman–Crippen LogP) is 3.47. The van der Waals surface area contributed by atoms with Gasteiger partial charge in [-0.1, -0.05) is 30.0 Å². The van der Waals surface area contributed by atoms with Crippen LogP contribution in [0.5, 0.6) is 0 Å². The predicted molar refractivity (Wildman–Crippen MR) is 144 cm³/mol. The van der Waals surface area contributed by atoms with Gasteiger partial charge in [0.15, 0.2) is 0 Å². The second kappa shape index (κ2) is 9.27. The average molecular weight is 532 g/mol. The van der Waals surface area contributed by atoms with Crippen LogP contribution in [0.3, 0.4) is 0 Å². The highest BCUT2D eigenvalue weighted by molar-refractivity contribution is 8.15. The quantitative estimate of drug-likeness (QED) is 0.526. The van der Waals surface area contributed by atoms with Gasteiger partial charge in [-0.15, -0.1) is 11.3 Å². The van der Waals surface area contributed by atoms with Crippen molar-refractivity contribution >= 4 is 60.7 Å². The number of thioether (sulfide) groups is 1. The molecule has 2 aromatic heterocycles. The number of para-hydroxylation sites is 1. The fourth-order valence-electron chi connectivity index (χ4n) is 4.65. The molecule has 0 radical (unpaired) electrons. The van der Waals surface area contributed by atoms with Gasteiger partial charge in [-0.25, -0.2) is 8.42 Å². The van der Waals surface area contributed by atoms with Gasteiger partial charge >= 0.3 is 0 Å². The van der Waals surface area contributed by atoms with Crippen molar-refractivity contribution in [2.75, 3.05) is 50.6 Å². The summed E-state index contributed by atoms with van der Waals surface area (Å²) in [4.78, 5) is 24.2. The number of rotatable bonds is 6. The Kier molecular flexibility index (Phi) is 6.45. The highest BCUT2D eigenvalue weighted by Gasteiger charge is 2.36. The standard InChI is InChI=1S/C24H29N5O3S3/c1-17(30)29-11-9-28(10-12-29)16-24(2)15-25-23(34-24)19-14-18-6-4-7-20(22(18)26-19)27(3)35(31,32)21-8-5-13-33-21/h4-8,13-14,26H,9-12,15-16H2,1-3H3. The Bertz CT molecular complexity index is 1370. The molecule has 0 aliphatic carbocycles. The van der Waals surface area contributed by atoms with E-state index < -0.39 is 10.0 Å². The molecule has 3 aromatic rings. The SMILES string of the molecule is CC(=O)N1CCN(CC2(C)CN=C(c3cc4cccc(N(C)S(=O)(=O)c5cccs5)c4[nH]3)S2)CC1. The molecule has 1 amide bonds. The lowest BCUT2D eigenvalue weighted by atomic mass is 10.1. The van der Waals surface area contributed by atoms with E-state index >= 15 is 0 Å². The number of aliphatic imine (C=N–C) groups is 1. The Morgan fingerprint density at radius 2 is 1.97 bits per heavy atom. The van der Waals surface area contributed by atoms with Crippen molar-refractivity contribution in [2.45, 2.75) is 22.8 Å². The highest BCUT2D eigenvalue weighted by atomic mass is 32.2. The first-order valence-corrected chi connectivity index (χ1v) is 14.7. The smallest absolute Gasteiger partial charge is 0.273 e. The lowest BCUT2D eigenvalue weighted by molar-refractivity contribution is -0.130. The van der Waals surface area contributed by atoms with E-state index in [1.165, 1.54) is 15.6 Å². The third kappa shape index (κ3) is 4.74. The van der Waals surface area contributed by atoms with Crippen LogP contribution in [0.2, 0.25) is 0 Å².